The van der Waals surface area contributed by atoms with Crippen molar-refractivity contribution in [2.45, 2.75) is 26.3 Å². The zero-order chi connectivity index (χ0) is 21.0. The summed E-state index contributed by atoms with van der Waals surface area (Å²) in [7, 11) is 0. The fourth-order valence-corrected chi connectivity index (χ4v) is 4.50. The van der Waals surface area contributed by atoms with Gasteiger partial charge in [-0.1, -0.05) is 25.4 Å². The smallest absolute Gasteiger partial charge is 0.291 e. The van der Waals surface area contributed by atoms with Gasteiger partial charge in [0.15, 0.2) is 0 Å². The van der Waals surface area contributed by atoms with Crippen molar-refractivity contribution >= 4 is 50.3 Å². The number of rotatable bonds is 4. The van der Waals surface area contributed by atoms with E-state index in [0.717, 1.165) is 16.0 Å². The molecule has 5 heterocycles. The largest absolute Gasteiger partial charge is 0.417 e. The summed E-state index contributed by atoms with van der Waals surface area (Å²) in [5, 5.41) is 12.6. The molecule has 0 N–H and O–H groups in total. The van der Waals surface area contributed by atoms with Crippen molar-refractivity contribution in [3.8, 4) is 11.6 Å². The lowest BCUT2D eigenvalue weighted by Gasteiger charge is -2.12. The maximum Gasteiger partial charge on any atom is 0.291 e. The third-order valence-electron chi connectivity index (χ3n) is 4.48. The van der Waals surface area contributed by atoms with Gasteiger partial charge in [-0.25, -0.2) is 14.6 Å². The second-order valence-corrected chi connectivity index (χ2v) is 8.91. The minimum atomic E-state index is -0.260. The average molecular weight is 462 g/mol. The van der Waals surface area contributed by atoms with Crippen LogP contribution in [0.15, 0.2) is 33.6 Å². The van der Waals surface area contributed by atoms with Gasteiger partial charge in [-0.05, 0) is 29.8 Å². The molecular weight excluding hydrogens is 449 g/mol. The Morgan fingerprint density at radius 3 is 2.80 bits per heavy atom. The van der Waals surface area contributed by atoms with Gasteiger partial charge in [-0.2, -0.15) is 5.10 Å². The number of hydrogen-bond donors (Lipinski definition) is 0. The van der Waals surface area contributed by atoms with Gasteiger partial charge >= 0.3 is 0 Å². The molecule has 30 heavy (non-hydrogen) atoms. The molecule has 5 aromatic heterocycles. The minimum absolute atomic E-state index is 0.0282. The average Bonchev–Trinajstić information content (AvgIpc) is 3.38. The maximum atomic E-state index is 13.1. The first-order chi connectivity index (χ1) is 14.4. The van der Waals surface area contributed by atoms with Crippen LogP contribution in [-0.2, 0) is 6.54 Å². The summed E-state index contributed by atoms with van der Waals surface area (Å²) in [5.41, 5.74) is 1.54. The van der Waals surface area contributed by atoms with Gasteiger partial charge in [0.05, 0.1) is 14.6 Å². The van der Waals surface area contributed by atoms with Crippen molar-refractivity contribution in [1.29, 1.82) is 0 Å². The summed E-state index contributed by atoms with van der Waals surface area (Å²) < 4.78 is 10.5. The van der Waals surface area contributed by atoms with E-state index in [1.54, 1.807) is 6.07 Å². The summed E-state index contributed by atoms with van der Waals surface area (Å²) in [6, 6.07) is 5.29. The Bertz CT molecular complexity index is 1470. The van der Waals surface area contributed by atoms with Gasteiger partial charge in [0.2, 0.25) is 11.2 Å². The molecule has 0 atom stereocenters. The fraction of sp³-hybridized carbons (Fsp3) is 0.222. The van der Waals surface area contributed by atoms with Crippen LogP contribution in [0.1, 0.15) is 31.5 Å². The highest BCUT2D eigenvalue weighted by atomic mass is 35.5. The molecule has 152 valence electrons. The topological polar surface area (TPSA) is 104 Å². The van der Waals surface area contributed by atoms with Crippen LogP contribution >= 0.6 is 34.5 Å². The summed E-state index contributed by atoms with van der Waals surface area (Å²) in [5.74, 6) is 1.21. The van der Waals surface area contributed by atoms with Crippen LogP contribution in [0.25, 0.3) is 27.3 Å². The Morgan fingerprint density at radius 2 is 2.03 bits per heavy atom. The molecule has 0 radical (unpaired) electrons. The molecule has 9 nitrogen and oxygen atoms in total. The first-order valence-corrected chi connectivity index (χ1v) is 10.5. The highest BCUT2D eigenvalue weighted by Gasteiger charge is 2.20. The van der Waals surface area contributed by atoms with Gasteiger partial charge in [0, 0.05) is 12.1 Å². The molecule has 0 amide bonds. The van der Waals surface area contributed by atoms with E-state index in [0.29, 0.717) is 15.5 Å². The maximum absolute atomic E-state index is 13.1. The lowest BCUT2D eigenvalue weighted by molar-refractivity contribution is 0.457. The van der Waals surface area contributed by atoms with Crippen LogP contribution in [0, 0.1) is 0 Å². The monoisotopic (exact) mass is 461 g/mol. The van der Waals surface area contributed by atoms with Crippen LogP contribution in [-0.4, -0.2) is 34.3 Å². The summed E-state index contributed by atoms with van der Waals surface area (Å²) in [6.45, 7) is 4.06. The Balaban J connectivity index is 1.60. The van der Waals surface area contributed by atoms with E-state index < -0.39 is 0 Å². The van der Waals surface area contributed by atoms with Gasteiger partial charge in [-0.15, -0.1) is 21.5 Å². The molecule has 0 aliphatic rings. The fourth-order valence-electron chi connectivity index (χ4n) is 3.20. The van der Waals surface area contributed by atoms with E-state index in [9.17, 15) is 4.79 Å². The molecule has 0 aliphatic carbocycles. The number of nitrogens with zero attached hydrogens (tertiary/aromatic N) is 7. The number of thiophene rings is 1. The number of aromatic nitrogens is 7. The van der Waals surface area contributed by atoms with Crippen LogP contribution in [0.5, 0.6) is 0 Å². The number of halogens is 2. The number of hydrogen-bond acceptors (Lipinski definition) is 8. The molecular formula is C18H13Cl2N7O2S. The van der Waals surface area contributed by atoms with Gasteiger partial charge < -0.3 is 4.42 Å². The van der Waals surface area contributed by atoms with E-state index in [-0.39, 0.29) is 35.1 Å². The first-order valence-electron chi connectivity index (χ1n) is 8.93. The summed E-state index contributed by atoms with van der Waals surface area (Å²) in [4.78, 5) is 21.0. The SMILES string of the molecule is CC(C)c1nn(Cc2nnc(-c3ccnc(Cl)n3)o2)c(=O)c2cc3sc(Cl)cc3n12. The third kappa shape index (κ3) is 3.17. The molecule has 0 bridgehead atoms. The zero-order valence-corrected chi connectivity index (χ0v) is 18.0. The quantitative estimate of drug-likeness (QED) is 0.372. The summed E-state index contributed by atoms with van der Waals surface area (Å²) >= 11 is 13.4. The Morgan fingerprint density at radius 1 is 1.20 bits per heavy atom. The van der Waals surface area contributed by atoms with Crippen molar-refractivity contribution in [2.24, 2.45) is 0 Å². The lowest BCUT2D eigenvalue weighted by Crippen LogP contribution is -2.28. The van der Waals surface area contributed by atoms with E-state index in [1.807, 2.05) is 30.4 Å². The first kappa shape index (κ1) is 19.2. The zero-order valence-electron chi connectivity index (χ0n) is 15.7. The molecule has 0 aromatic carbocycles. The standard InChI is InChI=1S/C18H13Cl2N7O2S/c1-8(2)15-25-26(17(28)11-5-12-10(27(11)15)6-13(19)30-12)7-14-23-24-16(29-14)9-3-4-21-18(20)22-9/h3-6,8H,7H2,1-2H3. The summed E-state index contributed by atoms with van der Waals surface area (Å²) in [6.07, 6.45) is 1.49. The Labute approximate surface area is 182 Å². The van der Waals surface area contributed by atoms with Crippen LogP contribution in [0.3, 0.4) is 0 Å². The van der Waals surface area contributed by atoms with Crippen molar-refractivity contribution in [3.05, 3.63) is 56.1 Å². The van der Waals surface area contributed by atoms with Gasteiger partial charge in [-0.3, -0.25) is 9.20 Å². The van der Waals surface area contributed by atoms with Crippen molar-refractivity contribution in [3.63, 3.8) is 0 Å². The highest BCUT2D eigenvalue weighted by molar-refractivity contribution is 7.22. The second kappa shape index (κ2) is 7.15. The minimum Gasteiger partial charge on any atom is -0.417 e. The molecule has 0 fully saturated rings. The van der Waals surface area contributed by atoms with Crippen LogP contribution in [0.4, 0.5) is 0 Å². The van der Waals surface area contributed by atoms with Crippen molar-refractivity contribution in [1.82, 2.24) is 34.3 Å². The lowest BCUT2D eigenvalue weighted by atomic mass is 10.2. The van der Waals surface area contributed by atoms with E-state index in [2.05, 4.69) is 25.3 Å². The molecule has 5 aromatic rings. The molecule has 0 unspecified atom stereocenters. The van der Waals surface area contributed by atoms with Crippen molar-refractivity contribution < 1.29 is 4.42 Å². The second-order valence-electron chi connectivity index (χ2n) is 6.85. The highest BCUT2D eigenvalue weighted by Crippen LogP contribution is 2.32. The normalized spacial score (nSPS) is 11.9. The van der Waals surface area contributed by atoms with Gasteiger partial charge in [0.25, 0.3) is 11.4 Å². The van der Waals surface area contributed by atoms with Crippen LogP contribution < -0.4 is 5.56 Å². The molecule has 0 spiro atoms. The molecule has 0 saturated carbocycles. The van der Waals surface area contributed by atoms with Gasteiger partial charge in [0.1, 0.15) is 23.6 Å². The Kier molecular flexibility index (Phi) is 4.57. The Hall–Kier alpha value is -2.82. The van der Waals surface area contributed by atoms with E-state index >= 15 is 0 Å². The van der Waals surface area contributed by atoms with E-state index in [4.69, 9.17) is 27.6 Å². The predicted octanol–water partition coefficient (Wildman–Crippen LogP) is 4.03. The molecule has 12 heteroatoms. The molecule has 5 rings (SSSR count). The van der Waals surface area contributed by atoms with Crippen molar-refractivity contribution in [2.75, 3.05) is 0 Å². The number of fused-ring (bicyclic) bond motifs is 3. The predicted molar refractivity (Wildman–Crippen MR) is 113 cm³/mol. The van der Waals surface area contributed by atoms with Crippen LogP contribution in [0.2, 0.25) is 9.62 Å². The van der Waals surface area contributed by atoms with E-state index in [1.165, 1.54) is 22.2 Å². The third-order valence-corrected chi connectivity index (χ3v) is 5.86. The molecule has 0 aliphatic heterocycles. The molecule has 0 saturated heterocycles.